The number of carbonyl (C=O) groups is 2. The maximum atomic E-state index is 12.8. The molecule has 0 saturated carbocycles. The van der Waals surface area contributed by atoms with Crippen LogP contribution in [0, 0.1) is 5.41 Å². The molecule has 5 heteroatoms. The summed E-state index contributed by atoms with van der Waals surface area (Å²) in [7, 11) is 0. The van der Waals surface area contributed by atoms with Crippen molar-refractivity contribution in [3.8, 4) is 16.9 Å². The van der Waals surface area contributed by atoms with Crippen molar-refractivity contribution in [3.63, 3.8) is 0 Å². The highest BCUT2D eigenvalue weighted by Crippen LogP contribution is 2.38. The van der Waals surface area contributed by atoms with Crippen LogP contribution in [0.3, 0.4) is 0 Å². The van der Waals surface area contributed by atoms with Crippen molar-refractivity contribution in [2.75, 3.05) is 23.4 Å². The van der Waals surface area contributed by atoms with Gasteiger partial charge in [-0.05, 0) is 49.6 Å². The van der Waals surface area contributed by atoms with Gasteiger partial charge in [-0.1, -0.05) is 54.6 Å². The van der Waals surface area contributed by atoms with E-state index in [1.807, 2.05) is 75.4 Å². The number of ether oxygens (including phenoxy) is 1. The van der Waals surface area contributed by atoms with Crippen molar-refractivity contribution < 1.29 is 14.3 Å². The van der Waals surface area contributed by atoms with E-state index < -0.39 is 5.41 Å². The first-order chi connectivity index (χ1) is 15.4. The highest BCUT2D eigenvalue weighted by atomic mass is 16.5. The maximum Gasteiger partial charge on any atom is 0.236 e. The molecule has 0 saturated heterocycles. The third-order valence-electron chi connectivity index (χ3n) is 5.69. The molecule has 164 valence electrons. The summed E-state index contributed by atoms with van der Waals surface area (Å²) < 4.78 is 5.95. The van der Waals surface area contributed by atoms with Crippen LogP contribution >= 0.6 is 0 Å². The second-order valence-electron chi connectivity index (χ2n) is 8.69. The Morgan fingerprint density at radius 3 is 2.38 bits per heavy atom. The van der Waals surface area contributed by atoms with Crippen molar-refractivity contribution in [2.24, 2.45) is 5.41 Å². The molecule has 0 spiro atoms. The van der Waals surface area contributed by atoms with Crippen LogP contribution in [0.25, 0.3) is 11.1 Å². The fourth-order valence-corrected chi connectivity index (χ4v) is 3.88. The van der Waals surface area contributed by atoms with Gasteiger partial charge in [0.2, 0.25) is 11.8 Å². The summed E-state index contributed by atoms with van der Waals surface area (Å²) in [5, 5.41) is 2.95. The number of rotatable bonds is 5. The van der Waals surface area contributed by atoms with Crippen molar-refractivity contribution in [1.29, 1.82) is 0 Å². The predicted molar refractivity (Wildman–Crippen MR) is 128 cm³/mol. The van der Waals surface area contributed by atoms with Crippen molar-refractivity contribution in [2.45, 2.75) is 27.2 Å². The summed E-state index contributed by atoms with van der Waals surface area (Å²) in [5.74, 6) is 0.542. The Morgan fingerprint density at radius 1 is 1.00 bits per heavy atom. The minimum Gasteiger partial charge on any atom is -0.490 e. The van der Waals surface area contributed by atoms with Crippen molar-refractivity contribution in [3.05, 3.63) is 78.4 Å². The van der Waals surface area contributed by atoms with E-state index in [1.165, 1.54) is 0 Å². The lowest BCUT2D eigenvalue weighted by molar-refractivity contribution is -0.127. The number of benzene rings is 3. The van der Waals surface area contributed by atoms with Gasteiger partial charge in [0.25, 0.3) is 0 Å². The zero-order chi connectivity index (χ0) is 22.7. The number of hydrogen-bond acceptors (Lipinski definition) is 3. The van der Waals surface area contributed by atoms with E-state index in [-0.39, 0.29) is 18.2 Å². The van der Waals surface area contributed by atoms with E-state index in [9.17, 15) is 9.59 Å². The molecule has 1 heterocycles. The molecular weight excluding hydrogens is 400 g/mol. The molecular formula is C27H28N2O3. The molecule has 3 aromatic carbocycles. The number of nitrogens with zero attached hydrogens (tertiary/aromatic N) is 1. The average molecular weight is 429 g/mol. The van der Waals surface area contributed by atoms with Crippen LogP contribution in [-0.2, 0) is 16.0 Å². The van der Waals surface area contributed by atoms with Crippen molar-refractivity contribution in [1.82, 2.24) is 0 Å². The summed E-state index contributed by atoms with van der Waals surface area (Å²) in [5.41, 5.74) is 3.99. The molecule has 3 aromatic rings. The molecule has 0 bridgehead atoms. The minimum atomic E-state index is -0.607. The quantitative estimate of drug-likeness (QED) is 0.599. The second kappa shape index (κ2) is 8.87. The summed E-state index contributed by atoms with van der Waals surface area (Å²) in [6, 6.07) is 23.6. The van der Waals surface area contributed by atoms with Crippen LogP contribution in [-0.4, -0.2) is 25.0 Å². The molecule has 0 unspecified atom stereocenters. The van der Waals surface area contributed by atoms with Crippen LogP contribution in [0.2, 0.25) is 0 Å². The number of hydrogen-bond donors (Lipinski definition) is 1. The first kappa shape index (κ1) is 21.6. The van der Waals surface area contributed by atoms with Gasteiger partial charge in [0, 0.05) is 18.3 Å². The lowest BCUT2D eigenvalue weighted by Gasteiger charge is -2.26. The largest absolute Gasteiger partial charge is 0.490 e. The molecule has 0 aliphatic carbocycles. The lowest BCUT2D eigenvalue weighted by atomic mass is 9.93. The maximum absolute atomic E-state index is 12.8. The van der Waals surface area contributed by atoms with Crippen LogP contribution in [0.5, 0.6) is 5.75 Å². The van der Waals surface area contributed by atoms with E-state index in [4.69, 9.17) is 4.74 Å². The van der Waals surface area contributed by atoms with Crippen LogP contribution < -0.4 is 15.0 Å². The molecule has 0 atom stereocenters. The van der Waals surface area contributed by atoms with Gasteiger partial charge >= 0.3 is 0 Å². The Kier molecular flexibility index (Phi) is 5.99. The topological polar surface area (TPSA) is 58.6 Å². The highest BCUT2D eigenvalue weighted by Gasteiger charge is 2.37. The van der Waals surface area contributed by atoms with Gasteiger partial charge in [-0.15, -0.1) is 0 Å². The van der Waals surface area contributed by atoms with Crippen LogP contribution in [0.1, 0.15) is 26.3 Å². The fourth-order valence-electron chi connectivity index (χ4n) is 3.88. The Labute approximate surface area is 189 Å². The Balaban J connectivity index is 1.45. The van der Waals surface area contributed by atoms with E-state index in [2.05, 4.69) is 17.4 Å². The zero-order valence-electron chi connectivity index (χ0n) is 18.7. The van der Waals surface area contributed by atoms with E-state index in [0.29, 0.717) is 24.6 Å². The molecule has 2 amide bonds. The fraction of sp³-hybridized carbons (Fsp3) is 0.259. The normalized spacial score (nSPS) is 14.8. The summed E-state index contributed by atoms with van der Waals surface area (Å²) >= 11 is 0. The third kappa shape index (κ3) is 4.52. The summed E-state index contributed by atoms with van der Waals surface area (Å²) in [6.07, 6.45) is 0.277. The molecule has 0 radical (unpaired) electrons. The predicted octanol–water partition coefficient (Wildman–Crippen LogP) is 5.31. The molecule has 4 rings (SSSR count). The van der Waals surface area contributed by atoms with E-state index >= 15 is 0 Å². The molecule has 0 aromatic heterocycles. The first-order valence-corrected chi connectivity index (χ1v) is 10.9. The van der Waals surface area contributed by atoms with Gasteiger partial charge in [-0.2, -0.15) is 0 Å². The van der Waals surface area contributed by atoms with Gasteiger partial charge in [0.1, 0.15) is 12.4 Å². The molecule has 1 aliphatic heterocycles. The Bertz CT molecular complexity index is 1120. The average Bonchev–Trinajstić information content (AvgIpc) is 2.89. The zero-order valence-corrected chi connectivity index (χ0v) is 18.7. The monoisotopic (exact) mass is 428 g/mol. The molecule has 0 fully saturated rings. The smallest absolute Gasteiger partial charge is 0.236 e. The third-order valence-corrected chi connectivity index (χ3v) is 5.69. The second-order valence-corrected chi connectivity index (χ2v) is 8.69. The number of amides is 2. The van der Waals surface area contributed by atoms with E-state index in [1.54, 1.807) is 11.0 Å². The van der Waals surface area contributed by atoms with Crippen LogP contribution in [0.15, 0.2) is 72.8 Å². The molecule has 1 N–H and O–H groups in total. The highest BCUT2D eigenvalue weighted by molar-refractivity contribution is 6.00. The molecule has 32 heavy (non-hydrogen) atoms. The SMILES string of the molecule is CCN1C(=O)C(C)(C)COc2cc(NC(=O)Cc3ccc(-c4ccccc4)cc3)ccc21. The van der Waals surface area contributed by atoms with Gasteiger partial charge in [-0.3, -0.25) is 9.59 Å². The van der Waals surface area contributed by atoms with E-state index in [0.717, 1.165) is 22.4 Å². The van der Waals surface area contributed by atoms with Crippen LogP contribution in [0.4, 0.5) is 11.4 Å². The number of nitrogens with one attached hydrogen (secondary N) is 1. The minimum absolute atomic E-state index is 0.0366. The number of carbonyl (C=O) groups excluding carboxylic acids is 2. The van der Waals surface area contributed by atoms with Gasteiger partial charge in [-0.25, -0.2) is 0 Å². The Morgan fingerprint density at radius 2 is 1.69 bits per heavy atom. The lowest BCUT2D eigenvalue weighted by Crippen LogP contribution is -2.42. The molecule has 5 nitrogen and oxygen atoms in total. The molecule has 1 aliphatic rings. The van der Waals surface area contributed by atoms with Gasteiger partial charge < -0.3 is 15.0 Å². The number of anilines is 2. The Hall–Kier alpha value is -3.60. The standard InChI is InChI=1S/C27H28N2O3/c1-4-29-23-15-14-22(17-24(23)32-18-27(2,3)26(29)31)28-25(30)16-19-10-12-21(13-11-19)20-8-6-5-7-9-20/h5-15,17H,4,16,18H2,1-3H3,(H,28,30). The van der Waals surface area contributed by atoms with Gasteiger partial charge in [0.05, 0.1) is 17.5 Å². The number of fused-ring (bicyclic) bond motifs is 1. The first-order valence-electron chi connectivity index (χ1n) is 10.9. The van der Waals surface area contributed by atoms with Crippen molar-refractivity contribution >= 4 is 23.2 Å². The summed E-state index contributed by atoms with van der Waals surface area (Å²) in [6.45, 7) is 6.57. The van der Waals surface area contributed by atoms with Gasteiger partial charge in [0.15, 0.2) is 0 Å². The summed E-state index contributed by atoms with van der Waals surface area (Å²) in [4.78, 5) is 27.2.